The van der Waals surface area contributed by atoms with Crippen molar-refractivity contribution in [3.05, 3.63) is 66.0 Å². The van der Waals surface area contributed by atoms with Crippen LogP contribution < -0.4 is 0 Å². The van der Waals surface area contributed by atoms with Gasteiger partial charge in [0, 0.05) is 28.4 Å². The lowest BCUT2D eigenvalue weighted by Gasteiger charge is -2.28. The number of ether oxygens (including phenoxy) is 1. The average Bonchev–Trinajstić information content (AvgIpc) is 3.12. The molecule has 2 N–H and O–H groups in total. The first-order chi connectivity index (χ1) is 13.7. The van der Waals surface area contributed by atoms with Crippen molar-refractivity contribution in [1.29, 1.82) is 0 Å². The van der Waals surface area contributed by atoms with Crippen molar-refractivity contribution in [1.82, 2.24) is 9.97 Å². The zero-order valence-corrected chi connectivity index (χ0v) is 17.0. The Balaban J connectivity index is 2.06. The Morgan fingerprint density at radius 2 is 1.90 bits per heavy atom. The van der Waals surface area contributed by atoms with Crippen molar-refractivity contribution in [3.8, 4) is 11.1 Å². The number of para-hydroxylation sites is 1. The maximum absolute atomic E-state index is 12.3. The molecule has 5 nitrogen and oxygen atoms in total. The topological polar surface area (TPSA) is 75.2 Å². The number of hydrogen-bond acceptors (Lipinski definition) is 3. The maximum atomic E-state index is 12.3. The van der Waals surface area contributed by atoms with E-state index in [9.17, 15) is 9.90 Å². The van der Waals surface area contributed by atoms with Crippen molar-refractivity contribution in [2.45, 2.75) is 39.4 Å². The van der Waals surface area contributed by atoms with Gasteiger partial charge >= 0.3 is 5.97 Å². The molecule has 0 unspecified atom stereocenters. The largest absolute Gasteiger partial charge is 0.479 e. The summed E-state index contributed by atoms with van der Waals surface area (Å²) in [7, 11) is 0. The minimum absolute atomic E-state index is 0.594. The molecule has 0 bridgehead atoms. The number of nitrogens with one attached hydrogen (secondary N) is 1. The van der Waals surface area contributed by atoms with Gasteiger partial charge in [-0.05, 0) is 62.4 Å². The highest BCUT2D eigenvalue weighted by Gasteiger charge is 2.32. The fraction of sp³-hybridized carbons (Fsp3) is 0.250. The second-order valence-corrected chi connectivity index (χ2v) is 8.23. The van der Waals surface area contributed by atoms with Crippen LogP contribution in [0.1, 0.15) is 38.1 Å². The van der Waals surface area contributed by atoms with E-state index in [4.69, 9.17) is 9.72 Å². The van der Waals surface area contributed by atoms with E-state index in [-0.39, 0.29) is 0 Å². The first-order valence-corrected chi connectivity index (χ1v) is 9.62. The fourth-order valence-electron chi connectivity index (χ4n) is 3.77. The van der Waals surface area contributed by atoms with Crippen LogP contribution in [0.5, 0.6) is 0 Å². The van der Waals surface area contributed by atoms with E-state index in [1.807, 2.05) is 76.4 Å². The van der Waals surface area contributed by atoms with Crippen molar-refractivity contribution < 1.29 is 14.6 Å². The zero-order chi connectivity index (χ0) is 20.8. The summed E-state index contributed by atoms with van der Waals surface area (Å²) in [6, 6.07) is 15.9. The number of carboxylic acid groups (broad SMARTS) is 1. The summed E-state index contributed by atoms with van der Waals surface area (Å²) in [6.45, 7) is 7.42. The van der Waals surface area contributed by atoms with Crippen molar-refractivity contribution in [2.75, 3.05) is 0 Å². The van der Waals surface area contributed by atoms with Crippen LogP contribution in [0.4, 0.5) is 0 Å². The molecule has 2 heterocycles. The summed E-state index contributed by atoms with van der Waals surface area (Å²) < 4.78 is 6.00. The molecule has 0 aliphatic carbocycles. The Bertz CT molecular complexity index is 1220. The van der Waals surface area contributed by atoms with Crippen molar-refractivity contribution >= 4 is 27.8 Å². The number of hydrogen-bond donors (Lipinski definition) is 2. The molecule has 148 valence electrons. The molecule has 4 rings (SSSR count). The molecule has 2 aromatic heterocycles. The van der Waals surface area contributed by atoms with Crippen LogP contribution in [0.3, 0.4) is 0 Å². The van der Waals surface area contributed by atoms with Gasteiger partial charge in [0.15, 0.2) is 6.10 Å². The van der Waals surface area contributed by atoms with Gasteiger partial charge in [0.05, 0.1) is 11.1 Å². The number of carbonyl (C=O) groups is 1. The van der Waals surface area contributed by atoms with E-state index in [1.165, 1.54) is 0 Å². The molecule has 0 spiro atoms. The number of aliphatic carboxylic acids is 1. The smallest absolute Gasteiger partial charge is 0.337 e. The Kier molecular flexibility index (Phi) is 4.63. The third-order valence-corrected chi connectivity index (χ3v) is 4.92. The third kappa shape index (κ3) is 3.61. The molecule has 2 aromatic carbocycles. The Labute approximate surface area is 169 Å². The maximum Gasteiger partial charge on any atom is 0.337 e. The summed E-state index contributed by atoms with van der Waals surface area (Å²) in [6.07, 6.45) is 0.773. The van der Waals surface area contributed by atoms with Crippen LogP contribution in [-0.4, -0.2) is 26.6 Å². The van der Waals surface area contributed by atoms with Crippen molar-refractivity contribution in [3.63, 3.8) is 0 Å². The van der Waals surface area contributed by atoms with Crippen LogP contribution in [-0.2, 0) is 9.53 Å². The highest BCUT2D eigenvalue weighted by Crippen LogP contribution is 2.39. The van der Waals surface area contributed by atoms with Gasteiger partial charge in [0.25, 0.3) is 0 Å². The molecule has 0 aliphatic rings. The molecule has 0 saturated heterocycles. The molecule has 5 heteroatoms. The number of aromatic amines is 1. The van der Waals surface area contributed by atoms with Gasteiger partial charge in [0.1, 0.15) is 0 Å². The molecule has 0 amide bonds. The number of aromatic nitrogens is 2. The Morgan fingerprint density at radius 3 is 2.62 bits per heavy atom. The van der Waals surface area contributed by atoms with Gasteiger partial charge in [-0.25, -0.2) is 4.79 Å². The number of carboxylic acids is 1. The van der Waals surface area contributed by atoms with Gasteiger partial charge in [-0.3, -0.25) is 4.98 Å². The third-order valence-electron chi connectivity index (χ3n) is 4.92. The molecule has 1 atom stereocenters. The molecule has 4 aromatic rings. The number of fused-ring (bicyclic) bond motifs is 2. The van der Waals surface area contributed by atoms with Crippen LogP contribution in [0.2, 0.25) is 0 Å². The first-order valence-electron chi connectivity index (χ1n) is 9.62. The summed E-state index contributed by atoms with van der Waals surface area (Å²) in [5, 5.41) is 12.0. The van der Waals surface area contributed by atoms with Gasteiger partial charge < -0.3 is 14.8 Å². The zero-order valence-electron chi connectivity index (χ0n) is 17.0. The van der Waals surface area contributed by atoms with E-state index in [0.717, 1.165) is 32.9 Å². The van der Waals surface area contributed by atoms with Crippen LogP contribution in [0.25, 0.3) is 32.9 Å². The van der Waals surface area contributed by atoms with E-state index >= 15 is 0 Å². The van der Waals surface area contributed by atoms with Gasteiger partial charge in [-0.2, -0.15) is 0 Å². The molecule has 29 heavy (non-hydrogen) atoms. The molecule has 0 aliphatic heterocycles. The van der Waals surface area contributed by atoms with Gasteiger partial charge in [-0.15, -0.1) is 0 Å². The van der Waals surface area contributed by atoms with Crippen molar-refractivity contribution in [2.24, 2.45) is 0 Å². The quantitative estimate of drug-likeness (QED) is 0.475. The summed E-state index contributed by atoms with van der Waals surface area (Å²) in [5.41, 5.74) is 4.23. The molecule has 0 fully saturated rings. The number of rotatable bonds is 4. The minimum atomic E-state index is -1.12. The van der Waals surface area contributed by atoms with Crippen LogP contribution in [0.15, 0.2) is 54.7 Å². The lowest BCUT2D eigenvalue weighted by molar-refractivity contribution is -0.160. The second-order valence-electron chi connectivity index (χ2n) is 8.23. The number of nitrogens with zero attached hydrogens (tertiary/aromatic N) is 1. The van der Waals surface area contributed by atoms with E-state index in [1.54, 1.807) is 0 Å². The number of aryl methyl sites for hydroxylation is 1. The fourth-order valence-corrected chi connectivity index (χ4v) is 3.77. The number of H-pyrrole nitrogens is 1. The highest BCUT2D eigenvalue weighted by atomic mass is 16.5. The van der Waals surface area contributed by atoms with Gasteiger partial charge in [0.2, 0.25) is 0 Å². The lowest BCUT2D eigenvalue weighted by atomic mass is 9.90. The SMILES string of the molecule is Cc1nc2ccccc2c(-c2ccc3cc[nH]c3c2)c1[C@H](OC(C)(C)C)C(=O)O. The summed E-state index contributed by atoms with van der Waals surface area (Å²) >= 11 is 0. The average molecular weight is 388 g/mol. The first kappa shape index (κ1) is 19.2. The minimum Gasteiger partial charge on any atom is -0.479 e. The lowest BCUT2D eigenvalue weighted by Crippen LogP contribution is -2.28. The predicted octanol–water partition coefficient (Wildman–Crippen LogP) is 5.63. The Morgan fingerprint density at radius 1 is 1.14 bits per heavy atom. The number of benzene rings is 2. The van der Waals surface area contributed by atoms with E-state index in [2.05, 4.69) is 11.1 Å². The van der Waals surface area contributed by atoms with Gasteiger partial charge in [-0.1, -0.05) is 30.3 Å². The second kappa shape index (κ2) is 7.01. The van der Waals surface area contributed by atoms with Crippen LogP contribution >= 0.6 is 0 Å². The molecular formula is C24H24N2O3. The molecular weight excluding hydrogens is 364 g/mol. The highest BCUT2D eigenvalue weighted by molar-refractivity contribution is 6.00. The normalized spacial score (nSPS) is 13.1. The van der Waals surface area contributed by atoms with E-state index < -0.39 is 17.7 Å². The van der Waals surface area contributed by atoms with Crippen LogP contribution in [0, 0.1) is 6.92 Å². The summed E-state index contributed by atoms with van der Waals surface area (Å²) in [4.78, 5) is 20.2. The number of pyridine rings is 1. The van der Waals surface area contributed by atoms with E-state index in [0.29, 0.717) is 11.3 Å². The predicted molar refractivity (Wildman–Crippen MR) is 115 cm³/mol. The monoisotopic (exact) mass is 388 g/mol. The molecule has 0 saturated carbocycles. The Hall–Kier alpha value is -3.18. The summed E-state index contributed by atoms with van der Waals surface area (Å²) in [5.74, 6) is -1.03. The molecule has 0 radical (unpaired) electrons. The standard InChI is InChI=1S/C24H24N2O3/c1-14-20(22(23(27)28)29-24(2,3)4)21(17-7-5-6-8-18(17)26-14)16-10-9-15-11-12-25-19(15)13-16/h5-13,22,25H,1-4H3,(H,27,28)/t22-/m0/s1.